The van der Waals surface area contributed by atoms with Crippen LogP contribution in [0.1, 0.15) is 28.3 Å². The lowest BCUT2D eigenvalue weighted by molar-refractivity contribution is 0.0791. The molecule has 2 aromatic rings. The highest BCUT2D eigenvalue weighted by molar-refractivity contribution is 5.94. The zero-order valence-electron chi connectivity index (χ0n) is 10.8. The molecule has 1 aliphatic rings. The van der Waals surface area contributed by atoms with Crippen molar-refractivity contribution < 1.29 is 4.79 Å². The molecule has 2 heteroatoms. The normalized spacial score (nSPS) is 18.5. The predicted octanol–water partition coefficient (Wildman–Crippen LogP) is 3.32. The summed E-state index contributed by atoms with van der Waals surface area (Å²) >= 11 is 0. The molecule has 1 atom stereocenters. The highest BCUT2D eigenvalue weighted by Gasteiger charge is 2.27. The van der Waals surface area contributed by atoms with Gasteiger partial charge in [-0.3, -0.25) is 4.79 Å². The largest absolute Gasteiger partial charge is 0.338 e. The zero-order chi connectivity index (χ0) is 13.1. The minimum Gasteiger partial charge on any atom is -0.338 e. The van der Waals surface area contributed by atoms with Gasteiger partial charge in [0.05, 0.1) is 0 Å². The van der Waals surface area contributed by atoms with Crippen molar-refractivity contribution in [1.82, 2.24) is 4.90 Å². The van der Waals surface area contributed by atoms with Gasteiger partial charge in [-0.05, 0) is 24.1 Å². The predicted molar refractivity (Wildman–Crippen MR) is 76.1 cm³/mol. The molecule has 2 nitrogen and oxygen atoms in total. The fourth-order valence-corrected chi connectivity index (χ4v) is 2.71. The summed E-state index contributed by atoms with van der Waals surface area (Å²) in [6.45, 7) is 1.69. The maximum Gasteiger partial charge on any atom is 0.253 e. The Morgan fingerprint density at radius 3 is 2.26 bits per heavy atom. The van der Waals surface area contributed by atoms with Crippen LogP contribution < -0.4 is 0 Å². The standard InChI is InChI=1S/C17H17NO/c19-17(15-9-5-2-6-10-15)18-12-11-16(13-18)14-7-3-1-4-8-14/h1-10,16H,11-13H2/t16-/m1/s1. The van der Waals surface area contributed by atoms with E-state index < -0.39 is 0 Å². The Morgan fingerprint density at radius 1 is 0.947 bits per heavy atom. The van der Waals surface area contributed by atoms with Crippen molar-refractivity contribution in [2.24, 2.45) is 0 Å². The molecule has 1 amide bonds. The number of hydrogen-bond acceptors (Lipinski definition) is 1. The van der Waals surface area contributed by atoms with Crippen LogP contribution in [-0.2, 0) is 0 Å². The van der Waals surface area contributed by atoms with E-state index >= 15 is 0 Å². The first-order valence-corrected chi connectivity index (χ1v) is 6.74. The van der Waals surface area contributed by atoms with E-state index in [4.69, 9.17) is 0 Å². The summed E-state index contributed by atoms with van der Waals surface area (Å²) in [6.07, 6.45) is 1.06. The molecule has 0 radical (unpaired) electrons. The van der Waals surface area contributed by atoms with Gasteiger partial charge in [-0.2, -0.15) is 0 Å². The zero-order valence-corrected chi connectivity index (χ0v) is 10.8. The van der Waals surface area contributed by atoms with Gasteiger partial charge in [0, 0.05) is 24.6 Å². The van der Waals surface area contributed by atoms with Gasteiger partial charge in [0.2, 0.25) is 0 Å². The summed E-state index contributed by atoms with van der Waals surface area (Å²) in [5.41, 5.74) is 2.13. The Labute approximate surface area is 113 Å². The number of amides is 1. The van der Waals surface area contributed by atoms with Gasteiger partial charge in [-0.25, -0.2) is 0 Å². The van der Waals surface area contributed by atoms with Crippen LogP contribution in [0.2, 0.25) is 0 Å². The molecular formula is C17H17NO. The van der Waals surface area contributed by atoms with Gasteiger partial charge >= 0.3 is 0 Å². The summed E-state index contributed by atoms with van der Waals surface area (Å²) in [4.78, 5) is 14.3. The molecule has 1 heterocycles. The van der Waals surface area contributed by atoms with E-state index in [9.17, 15) is 4.79 Å². The lowest BCUT2D eigenvalue weighted by Crippen LogP contribution is -2.28. The minimum atomic E-state index is 0.152. The highest BCUT2D eigenvalue weighted by Crippen LogP contribution is 2.27. The second-order valence-electron chi connectivity index (χ2n) is 5.01. The Hall–Kier alpha value is -2.09. The summed E-state index contributed by atoms with van der Waals surface area (Å²) in [6, 6.07) is 20.0. The van der Waals surface area contributed by atoms with Crippen LogP contribution in [0.15, 0.2) is 60.7 Å². The van der Waals surface area contributed by atoms with Crippen molar-refractivity contribution in [3.63, 3.8) is 0 Å². The van der Waals surface area contributed by atoms with Crippen molar-refractivity contribution in [1.29, 1.82) is 0 Å². The SMILES string of the molecule is O=C(c1ccccc1)N1CC[C@@H](c2ccccc2)C1. The summed E-state index contributed by atoms with van der Waals surface area (Å²) < 4.78 is 0. The van der Waals surface area contributed by atoms with Gasteiger partial charge in [-0.1, -0.05) is 48.5 Å². The van der Waals surface area contributed by atoms with Crippen molar-refractivity contribution in [2.45, 2.75) is 12.3 Å². The van der Waals surface area contributed by atoms with Gasteiger partial charge < -0.3 is 4.90 Å². The monoisotopic (exact) mass is 251 g/mol. The molecule has 0 spiro atoms. The molecule has 0 bridgehead atoms. The summed E-state index contributed by atoms with van der Waals surface area (Å²) in [5.74, 6) is 0.632. The van der Waals surface area contributed by atoms with Crippen LogP contribution in [0.4, 0.5) is 0 Å². The van der Waals surface area contributed by atoms with Gasteiger partial charge in [0.1, 0.15) is 0 Å². The molecule has 2 aromatic carbocycles. The number of nitrogens with zero attached hydrogens (tertiary/aromatic N) is 1. The van der Waals surface area contributed by atoms with E-state index in [0.29, 0.717) is 5.92 Å². The Morgan fingerprint density at radius 2 is 1.58 bits per heavy atom. The van der Waals surface area contributed by atoms with Crippen molar-refractivity contribution in [3.8, 4) is 0 Å². The second kappa shape index (κ2) is 5.27. The lowest BCUT2D eigenvalue weighted by atomic mass is 9.99. The molecule has 3 rings (SSSR count). The first-order valence-electron chi connectivity index (χ1n) is 6.74. The summed E-state index contributed by atoms with van der Waals surface area (Å²) in [7, 11) is 0. The third-order valence-electron chi connectivity index (χ3n) is 3.77. The highest BCUT2D eigenvalue weighted by atomic mass is 16.2. The smallest absolute Gasteiger partial charge is 0.253 e. The molecule has 19 heavy (non-hydrogen) atoms. The van der Waals surface area contributed by atoms with E-state index in [1.807, 2.05) is 41.3 Å². The quantitative estimate of drug-likeness (QED) is 0.801. The van der Waals surface area contributed by atoms with Crippen molar-refractivity contribution >= 4 is 5.91 Å². The number of carbonyl (C=O) groups excluding carboxylic acids is 1. The molecule has 0 aliphatic carbocycles. The third kappa shape index (κ3) is 2.53. The fraction of sp³-hybridized carbons (Fsp3) is 0.235. The lowest BCUT2D eigenvalue weighted by Gasteiger charge is -2.16. The van der Waals surface area contributed by atoms with Crippen molar-refractivity contribution in [3.05, 3.63) is 71.8 Å². The van der Waals surface area contributed by atoms with E-state index in [1.54, 1.807) is 0 Å². The molecule has 1 fully saturated rings. The average Bonchev–Trinajstić information content (AvgIpc) is 2.98. The number of carbonyl (C=O) groups is 1. The van der Waals surface area contributed by atoms with Gasteiger partial charge in [-0.15, -0.1) is 0 Å². The van der Waals surface area contributed by atoms with Crippen LogP contribution in [0.5, 0.6) is 0 Å². The molecule has 96 valence electrons. The first kappa shape index (κ1) is 12.0. The fourth-order valence-electron chi connectivity index (χ4n) is 2.71. The molecular weight excluding hydrogens is 234 g/mol. The van der Waals surface area contributed by atoms with Crippen LogP contribution in [0.25, 0.3) is 0 Å². The van der Waals surface area contributed by atoms with Crippen LogP contribution in [-0.4, -0.2) is 23.9 Å². The maximum atomic E-state index is 12.3. The third-order valence-corrected chi connectivity index (χ3v) is 3.77. The molecule has 0 aromatic heterocycles. The molecule has 1 saturated heterocycles. The molecule has 0 unspecified atom stereocenters. The van der Waals surface area contributed by atoms with E-state index in [-0.39, 0.29) is 5.91 Å². The van der Waals surface area contributed by atoms with E-state index in [2.05, 4.69) is 24.3 Å². The number of rotatable bonds is 2. The summed E-state index contributed by atoms with van der Waals surface area (Å²) in [5, 5.41) is 0. The Bertz CT molecular complexity index is 550. The molecule has 0 N–H and O–H groups in total. The number of likely N-dealkylation sites (tertiary alicyclic amines) is 1. The van der Waals surface area contributed by atoms with Gasteiger partial charge in [0.25, 0.3) is 5.91 Å². The molecule has 0 saturated carbocycles. The maximum absolute atomic E-state index is 12.3. The number of hydrogen-bond donors (Lipinski definition) is 0. The Balaban J connectivity index is 1.71. The molecule has 1 aliphatic heterocycles. The average molecular weight is 251 g/mol. The van der Waals surface area contributed by atoms with E-state index in [0.717, 1.165) is 25.1 Å². The first-order chi connectivity index (χ1) is 9.34. The van der Waals surface area contributed by atoms with Gasteiger partial charge in [0.15, 0.2) is 0 Å². The number of benzene rings is 2. The van der Waals surface area contributed by atoms with Crippen molar-refractivity contribution in [2.75, 3.05) is 13.1 Å². The minimum absolute atomic E-state index is 0.152. The van der Waals surface area contributed by atoms with Crippen LogP contribution in [0.3, 0.4) is 0 Å². The Kier molecular flexibility index (Phi) is 3.32. The second-order valence-corrected chi connectivity index (χ2v) is 5.01. The topological polar surface area (TPSA) is 20.3 Å². The van der Waals surface area contributed by atoms with E-state index in [1.165, 1.54) is 5.56 Å². The van der Waals surface area contributed by atoms with Crippen LogP contribution >= 0.6 is 0 Å². The van der Waals surface area contributed by atoms with Crippen LogP contribution in [0, 0.1) is 0 Å².